The van der Waals surface area contributed by atoms with Crippen molar-refractivity contribution < 1.29 is 9.53 Å². The van der Waals surface area contributed by atoms with Gasteiger partial charge in [-0.15, -0.1) is 0 Å². The maximum absolute atomic E-state index is 13.1. The normalized spacial score (nSPS) is 10.9. The van der Waals surface area contributed by atoms with Crippen molar-refractivity contribution in [3.05, 3.63) is 105 Å². The van der Waals surface area contributed by atoms with Gasteiger partial charge in [0, 0.05) is 56.6 Å². The lowest BCUT2D eigenvalue weighted by atomic mass is 10.2. The van der Waals surface area contributed by atoms with Crippen molar-refractivity contribution in [1.29, 1.82) is 0 Å². The smallest absolute Gasteiger partial charge is 0.354 e. The maximum atomic E-state index is 13.1. The predicted molar refractivity (Wildman–Crippen MR) is 165 cm³/mol. The molecular formula is C30H28ClN7O4. The first kappa shape index (κ1) is 28.4. The van der Waals surface area contributed by atoms with E-state index >= 15 is 0 Å². The van der Waals surface area contributed by atoms with Gasteiger partial charge in [-0.25, -0.2) is 9.59 Å². The third-order valence-electron chi connectivity index (χ3n) is 6.36. The lowest BCUT2D eigenvalue weighted by molar-refractivity contribution is -0.118. The van der Waals surface area contributed by atoms with E-state index in [0.29, 0.717) is 45.0 Å². The SMILES string of the molecule is CN(C)c1ccn(-c2cccc(NC(=O)COc3cccc(-n4c(=O)nc(N(C)C)c5ccc(Cl)cc54)c3)c2)c(=O)n1. The molecular weight excluding hydrogens is 558 g/mol. The van der Waals surface area contributed by atoms with E-state index in [1.54, 1.807) is 96.8 Å². The number of ether oxygens (including phenoxy) is 1. The molecule has 2 heterocycles. The van der Waals surface area contributed by atoms with Gasteiger partial charge in [0.05, 0.1) is 16.9 Å². The van der Waals surface area contributed by atoms with Gasteiger partial charge in [-0.3, -0.25) is 13.9 Å². The molecule has 0 atom stereocenters. The zero-order valence-corrected chi connectivity index (χ0v) is 24.2. The fourth-order valence-electron chi connectivity index (χ4n) is 4.40. The van der Waals surface area contributed by atoms with Gasteiger partial charge in [0.15, 0.2) is 6.61 Å². The van der Waals surface area contributed by atoms with Crippen LogP contribution in [0.2, 0.25) is 5.02 Å². The van der Waals surface area contributed by atoms with Crippen LogP contribution in [-0.2, 0) is 4.79 Å². The molecule has 0 saturated carbocycles. The van der Waals surface area contributed by atoms with Crippen LogP contribution >= 0.6 is 11.6 Å². The number of carbonyl (C=O) groups excluding carboxylic acids is 1. The average Bonchev–Trinajstić information content (AvgIpc) is 2.95. The minimum Gasteiger partial charge on any atom is -0.484 e. The second kappa shape index (κ2) is 11.8. The number of hydrogen-bond acceptors (Lipinski definition) is 8. The molecule has 5 aromatic rings. The number of benzene rings is 3. The predicted octanol–water partition coefficient (Wildman–Crippen LogP) is 3.73. The van der Waals surface area contributed by atoms with Gasteiger partial charge in [-0.1, -0.05) is 23.7 Å². The summed E-state index contributed by atoms with van der Waals surface area (Å²) in [6, 6.07) is 20.7. The topological polar surface area (TPSA) is 115 Å². The number of hydrogen-bond donors (Lipinski definition) is 1. The van der Waals surface area contributed by atoms with Crippen molar-refractivity contribution in [3.8, 4) is 17.1 Å². The first-order chi connectivity index (χ1) is 20.1. The Kier molecular flexibility index (Phi) is 7.94. The zero-order chi connectivity index (χ0) is 30.0. The van der Waals surface area contributed by atoms with E-state index in [1.807, 2.05) is 20.2 Å². The highest BCUT2D eigenvalue weighted by Gasteiger charge is 2.15. The number of fused-ring (bicyclic) bond motifs is 1. The monoisotopic (exact) mass is 585 g/mol. The Hall–Kier alpha value is -5.16. The third kappa shape index (κ3) is 5.96. The molecule has 11 nitrogen and oxygen atoms in total. The Morgan fingerprint density at radius 3 is 2.38 bits per heavy atom. The number of anilines is 3. The lowest BCUT2D eigenvalue weighted by Crippen LogP contribution is -2.26. The van der Waals surface area contributed by atoms with E-state index in [0.717, 1.165) is 5.39 Å². The molecule has 1 N–H and O–H groups in total. The number of halogens is 1. The minimum absolute atomic E-state index is 0.286. The van der Waals surface area contributed by atoms with Crippen molar-refractivity contribution in [1.82, 2.24) is 19.1 Å². The number of nitrogens with one attached hydrogen (secondary N) is 1. The Balaban J connectivity index is 1.33. The highest BCUT2D eigenvalue weighted by atomic mass is 35.5. The van der Waals surface area contributed by atoms with E-state index in [-0.39, 0.29) is 6.61 Å². The van der Waals surface area contributed by atoms with Crippen LogP contribution in [0.5, 0.6) is 5.75 Å². The van der Waals surface area contributed by atoms with Crippen molar-refractivity contribution in [2.24, 2.45) is 0 Å². The van der Waals surface area contributed by atoms with Crippen LogP contribution in [0, 0.1) is 0 Å². The average molecular weight is 586 g/mol. The van der Waals surface area contributed by atoms with Gasteiger partial charge in [-0.2, -0.15) is 9.97 Å². The molecule has 42 heavy (non-hydrogen) atoms. The number of aromatic nitrogens is 4. The van der Waals surface area contributed by atoms with Crippen LogP contribution < -0.4 is 31.2 Å². The van der Waals surface area contributed by atoms with Gasteiger partial charge in [0.1, 0.15) is 17.4 Å². The number of rotatable bonds is 8. The van der Waals surface area contributed by atoms with E-state index < -0.39 is 17.3 Å². The first-order valence-electron chi connectivity index (χ1n) is 12.9. The van der Waals surface area contributed by atoms with Crippen LogP contribution in [0.1, 0.15) is 0 Å². The zero-order valence-electron chi connectivity index (χ0n) is 23.4. The van der Waals surface area contributed by atoms with Gasteiger partial charge in [-0.05, 0) is 54.6 Å². The van der Waals surface area contributed by atoms with Crippen LogP contribution in [0.15, 0.2) is 88.6 Å². The highest BCUT2D eigenvalue weighted by molar-refractivity contribution is 6.31. The van der Waals surface area contributed by atoms with Crippen LogP contribution in [-0.4, -0.2) is 59.8 Å². The summed E-state index contributed by atoms with van der Waals surface area (Å²) in [4.78, 5) is 50.2. The van der Waals surface area contributed by atoms with Crippen molar-refractivity contribution >= 4 is 45.7 Å². The van der Waals surface area contributed by atoms with E-state index in [1.165, 1.54) is 9.13 Å². The molecule has 0 radical (unpaired) electrons. The maximum Gasteiger partial charge on any atom is 0.354 e. The molecule has 0 bridgehead atoms. The van der Waals surface area contributed by atoms with E-state index in [4.69, 9.17) is 16.3 Å². The molecule has 3 aromatic carbocycles. The number of carbonyl (C=O) groups is 1. The molecule has 0 aliphatic carbocycles. The van der Waals surface area contributed by atoms with Gasteiger partial charge < -0.3 is 19.9 Å². The summed E-state index contributed by atoms with van der Waals surface area (Å²) in [6.07, 6.45) is 1.63. The van der Waals surface area contributed by atoms with E-state index in [2.05, 4.69) is 15.3 Å². The van der Waals surface area contributed by atoms with Crippen LogP contribution in [0.4, 0.5) is 17.3 Å². The lowest BCUT2D eigenvalue weighted by Gasteiger charge is -2.17. The Labute approximate surface area is 246 Å². The Morgan fingerprint density at radius 2 is 1.64 bits per heavy atom. The third-order valence-corrected chi connectivity index (χ3v) is 6.59. The van der Waals surface area contributed by atoms with Gasteiger partial charge in [0.25, 0.3) is 5.91 Å². The summed E-state index contributed by atoms with van der Waals surface area (Å²) in [5.41, 5.74) is 1.22. The van der Waals surface area contributed by atoms with Crippen molar-refractivity contribution in [3.63, 3.8) is 0 Å². The molecule has 2 aromatic heterocycles. The second-order valence-electron chi connectivity index (χ2n) is 9.83. The molecule has 1 amide bonds. The Morgan fingerprint density at radius 1 is 0.881 bits per heavy atom. The molecule has 0 spiro atoms. The summed E-state index contributed by atoms with van der Waals surface area (Å²) in [5.74, 6) is 1.06. The molecule has 0 fully saturated rings. The summed E-state index contributed by atoms with van der Waals surface area (Å²) in [5, 5.41) is 4.01. The molecule has 0 aliphatic rings. The molecule has 0 aliphatic heterocycles. The van der Waals surface area contributed by atoms with E-state index in [9.17, 15) is 14.4 Å². The summed E-state index contributed by atoms with van der Waals surface area (Å²) in [7, 11) is 7.24. The molecule has 0 unspecified atom stereocenters. The van der Waals surface area contributed by atoms with Gasteiger partial charge >= 0.3 is 11.4 Å². The van der Waals surface area contributed by atoms with Crippen LogP contribution in [0.3, 0.4) is 0 Å². The minimum atomic E-state index is -0.478. The first-order valence-corrected chi connectivity index (χ1v) is 13.3. The quantitative estimate of drug-likeness (QED) is 0.293. The van der Waals surface area contributed by atoms with Crippen molar-refractivity contribution in [2.75, 3.05) is 49.9 Å². The summed E-state index contributed by atoms with van der Waals surface area (Å²) < 4.78 is 8.60. The number of amides is 1. The molecule has 0 saturated heterocycles. The standard InChI is InChI=1S/C30H28ClN7O4/c1-35(2)26-13-14-37(29(40)33-26)21-8-5-7-20(16-21)32-27(39)18-42-23-10-6-9-22(17-23)38-25-15-19(31)11-12-24(25)28(36(3)4)34-30(38)41/h5-17H,18H2,1-4H3,(H,32,39). The summed E-state index contributed by atoms with van der Waals surface area (Å²) in [6.45, 7) is -0.286. The largest absolute Gasteiger partial charge is 0.484 e. The Bertz CT molecular complexity index is 1920. The highest BCUT2D eigenvalue weighted by Crippen LogP contribution is 2.27. The number of nitrogens with zero attached hydrogens (tertiary/aromatic N) is 6. The van der Waals surface area contributed by atoms with Gasteiger partial charge in [0.2, 0.25) is 0 Å². The summed E-state index contributed by atoms with van der Waals surface area (Å²) >= 11 is 6.27. The fraction of sp³-hybridized carbons (Fsp3) is 0.167. The molecule has 5 rings (SSSR count). The molecule has 214 valence electrons. The van der Waals surface area contributed by atoms with Crippen molar-refractivity contribution in [2.45, 2.75) is 0 Å². The van der Waals surface area contributed by atoms with Crippen LogP contribution in [0.25, 0.3) is 22.3 Å². The fourth-order valence-corrected chi connectivity index (χ4v) is 4.57. The molecule has 12 heteroatoms. The second-order valence-corrected chi connectivity index (χ2v) is 10.3.